The van der Waals surface area contributed by atoms with E-state index in [0.717, 1.165) is 38.0 Å². The van der Waals surface area contributed by atoms with E-state index in [-0.39, 0.29) is 24.0 Å². The highest BCUT2D eigenvalue weighted by atomic mass is 127. The van der Waals surface area contributed by atoms with Gasteiger partial charge in [0.15, 0.2) is 5.96 Å². The Morgan fingerprint density at radius 3 is 2.55 bits per heavy atom. The molecule has 0 aromatic heterocycles. The van der Waals surface area contributed by atoms with Crippen LogP contribution in [0.5, 0.6) is 0 Å². The van der Waals surface area contributed by atoms with Crippen LogP contribution in [0.25, 0.3) is 0 Å². The van der Waals surface area contributed by atoms with E-state index in [2.05, 4.69) is 20.5 Å². The number of aliphatic imine (C=N–C) groups is 1. The minimum atomic E-state index is -0.396. The van der Waals surface area contributed by atoms with E-state index in [1.54, 1.807) is 19.2 Å². The lowest BCUT2D eigenvalue weighted by Crippen LogP contribution is -2.48. The van der Waals surface area contributed by atoms with Gasteiger partial charge in [-0.1, -0.05) is 35.3 Å². The van der Waals surface area contributed by atoms with Crippen molar-refractivity contribution in [2.24, 2.45) is 4.99 Å². The Labute approximate surface area is 209 Å². The second kappa shape index (κ2) is 12.4. The lowest BCUT2D eigenvalue weighted by molar-refractivity contribution is 0.198. The van der Waals surface area contributed by atoms with Gasteiger partial charge in [-0.25, -0.2) is 4.39 Å². The van der Waals surface area contributed by atoms with Gasteiger partial charge >= 0.3 is 0 Å². The van der Waals surface area contributed by atoms with Crippen molar-refractivity contribution >= 4 is 53.1 Å². The third-order valence-corrected chi connectivity index (χ3v) is 5.91. The van der Waals surface area contributed by atoms with Crippen LogP contribution in [0.1, 0.15) is 29.5 Å². The molecule has 1 fully saturated rings. The van der Waals surface area contributed by atoms with Gasteiger partial charge in [0.25, 0.3) is 0 Å². The van der Waals surface area contributed by atoms with Gasteiger partial charge in [-0.15, -0.1) is 24.0 Å². The van der Waals surface area contributed by atoms with Gasteiger partial charge < -0.3 is 10.6 Å². The zero-order valence-corrected chi connectivity index (χ0v) is 21.0. The molecule has 0 saturated carbocycles. The molecule has 0 bridgehead atoms. The largest absolute Gasteiger partial charge is 0.354 e. The molecule has 2 N–H and O–H groups in total. The summed E-state index contributed by atoms with van der Waals surface area (Å²) in [5.41, 5.74) is 1.96. The number of likely N-dealkylation sites (tertiary alicyclic amines) is 1. The maximum Gasteiger partial charge on any atom is 0.191 e. The summed E-state index contributed by atoms with van der Waals surface area (Å²) < 4.78 is 14.0. The van der Waals surface area contributed by atoms with Gasteiger partial charge in [0.1, 0.15) is 5.82 Å². The lowest BCUT2D eigenvalue weighted by Gasteiger charge is -2.33. The second-order valence-electron chi connectivity index (χ2n) is 7.29. The molecule has 166 valence electrons. The molecule has 0 atom stereocenters. The molecule has 5 nitrogen and oxygen atoms in total. The zero-order valence-electron chi connectivity index (χ0n) is 17.2. The van der Waals surface area contributed by atoms with Gasteiger partial charge in [-0.3, -0.25) is 9.89 Å². The van der Waals surface area contributed by atoms with Crippen molar-refractivity contribution < 1.29 is 4.39 Å². The van der Waals surface area contributed by atoms with Crippen molar-refractivity contribution in [3.8, 4) is 6.07 Å². The minimum absolute atomic E-state index is 0. The van der Waals surface area contributed by atoms with E-state index >= 15 is 0 Å². The summed E-state index contributed by atoms with van der Waals surface area (Å²) in [7, 11) is 1.70. The standard InChI is InChI=1S/C22H24Cl2FN5.HI/c1-27-22(28-13-17-4-2-15(12-26)11-21(17)25)29-18-6-8-30(9-7-18)14-16-3-5-19(23)20(24)10-16;/h2-5,10-11,18H,6-9,13-14H2,1H3,(H2,27,28,29);1H. The van der Waals surface area contributed by atoms with Crippen molar-refractivity contribution in [2.75, 3.05) is 20.1 Å². The fraction of sp³-hybridized carbons (Fsp3) is 0.364. The van der Waals surface area contributed by atoms with Crippen LogP contribution in [0, 0.1) is 17.1 Å². The molecule has 1 saturated heterocycles. The smallest absolute Gasteiger partial charge is 0.191 e. The minimum Gasteiger partial charge on any atom is -0.354 e. The van der Waals surface area contributed by atoms with E-state index in [1.165, 1.54) is 6.07 Å². The molecule has 0 amide bonds. The number of halogens is 4. The maximum atomic E-state index is 14.0. The summed E-state index contributed by atoms with van der Waals surface area (Å²) in [5.74, 6) is 0.245. The third kappa shape index (κ3) is 7.49. The SMILES string of the molecule is CN=C(NCc1ccc(C#N)cc1F)NC1CCN(Cc2ccc(Cl)c(Cl)c2)CC1.I. The number of hydrogen-bond acceptors (Lipinski definition) is 3. The van der Waals surface area contributed by atoms with Crippen LogP contribution in [-0.2, 0) is 13.1 Å². The number of benzene rings is 2. The quantitative estimate of drug-likeness (QED) is 0.301. The predicted octanol–water partition coefficient (Wildman–Crippen LogP) is 4.95. The first kappa shape index (κ1) is 25.7. The van der Waals surface area contributed by atoms with Gasteiger partial charge in [0, 0.05) is 44.8 Å². The Morgan fingerprint density at radius 1 is 1.19 bits per heavy atom. The molecule has 1 heterocycles. The highest BCUT2D eigenvalue weighted by molar-refractivity contribution is 14.0. The van der Waals surface area contributed by atoms with Crippen molar-refractivity contribution in [1.29, 1.82) is 5.26 Å². The number of hydrogen-bond donors (Lipinski definition) is 2. The molecule has 2 aromatic carbocycles. The van der Waals surface area contributed by atoms with Crippen LogP contribution in [0.4, 0.5) is 4.39 Å². The average Bonchev–Trinajstić information content (AvgIpc) is 2.75. The topological polar surface area (TPSA) is 63.5 Å². The molecule has 0 spiro atoms. The second-order valence-corrected chi connectivity index (χ2v) is 8.10. The number of nitrogens with one attached hydrogen (secondary N) is 2. The van der Waals surface area contributed by atoms with Crippen LogP contribution in [0.15, 0.2) is 41.4 Å². The highest BCUT2D eigenvalue weighted by Crippen LogP contribution is 2.24. The normalized spacial score (nSPS) is 15.1. The number of nitrogens with zero attached hydrogens (tertiary/aromatic N) is 3. The molecule has 9 heteroatoms. The van der Waals surface area contributed by atoms with Crippen LogP contribution in [-0.4, -0.2) is 37.0 Å². The summed E-state index contributed by atoms with van der Waals surface area (Å²) in [4.78, 5) is 6.63. The Balaban J connectivity index is 0.00000341. The Bertz CT molecular complexity index is 955. The molecule has 0 radical (unpaired) electrons. The maximum absolute atomic E-state index is 14.0. The number of piperidine rings is 1. The van der Waals surface area contributed by atoms with Crippen LogP contribution < -0.4 is 10.6 Å². The molecule has 2 aromatic rings. The Morgan fingerprint density at radius 2 is 1.94 bits per heavy atom. The van der Waals surface area contributed by atoms with E-state index in [4.69, 9.17) is 28.5 Å². The number of guanidine groups is 1. The Kier molecular flexibility index (Phi) is 10.3. The molecular weight excluding hydrogens is 551 g/mol. The first-order chi connectivity index (χ1) is 14.5. The molecule has 3 rings (SSSR count). The van der Waals surface area contributed by atoms with Crippen molar-refractivity contribution in [3.05, 3.63) is 69.0 Å². The van der Waals surface area contributed by atoms with Gasteiger partial charge in [0.2, 0.25) is 0 Å². The molecule has 0 unspecified atom stereocenters. The Hall–Kier alpha value is -1.60. The first-order valence-corrected chi connectivity index (χ1v) is 10.6. The summed E-state index contributed by atoms with van der Waals surface area (Å²) in [5, 5.41) is 16.6. The first-order valence-electron chi connectivity index (χ1n) is 9.80. The highest BCUT2D eigenvalue weighted by Gasteiger charge is 2.20. The predicted molar refractivity (Wildman–Crippen MR) is 135 cm³/mol. The van der Waals surface area contributed by atoms with Gasteiger partial charge in [0.05, 0.1) is 21.7 Å². The van der Waals surface area contributed by atoms with E-state index in [0.29, 0.717) is 39.7 Å². The molecule has 31 heavy (non-hydrogen) atoms. The molecule has 1 aliphatic heterocycles. The van der Waals surface area contributed by atoms with E-state index < -0.39 is 5.82 Å². The number of nitriles is 1. The van der Waals surface area contributed by atoms with Crippen molar-refractivity contribution in [3.63, 3.8) is 0 Å². The number of rotatable bonds is 5. The fourth-order valence-electron chi connectivity index (χ4n) is 3.46. The third-order valence-electron chi connectivity index (χ3n) is 5.17. The zero-order chi connectivity index (χ0) is 21.5. The van der Waals surface area contributed by atoms with Crippen LogP contribution in [0.3, 0.4) is 0 Å². The summed E-state index contributed by atoms with van der Waals surface area (Å²) >= 11 is 12.1. The monoisotopic (exact) mass is 575 g/mol. The average molecular weight is 576 g/mol. The van der Waals surface area contributed by atoms with E-state index in [9.17, 15) is 4.39 Å². The molecule has 0 aliphatic carbocycles. The molecule has 1 aliphatic rings. The lowest BCUT2D eigenvalue weighted by atomic mass is 10.0. The van der Waals surface area contributed by atoms with Crippen LogP contribution in [0.2, 0.25) is 10.0 Å². The van der Waals surface area contributed by atoms with E-state index in [1.807, 2.05) is 24.3 Å². The summed E-state index contributed by atoms with van der Waals surface area (Å²) in [6.07, 6.45) is 1.96. The van der Waals surface area contributed by atoms with Crippen molar-refractivity contribution in [2.45, 2.75) is 32.0 Å². The van der Waals surface area contributed by atoms with Gasteiger partial charge in [-0.05, 0) is 42.7 Å². The van der Waals surface area contributed by atoms with Crippen LogP contribution >= 0.6 is 47.2 Å². The summed E-state index contributed by atoms with van der Waals surface area (Å²) in [6.45, 7) is 3.06. The fourth-order valence-corrected chi connectivity index (χ4v) is 3.78. The van der Waals surface area contributed by atoms with Gasteiger partial charge in [-0.2, -0.15) is 5.26 Å². The molecular formula is C22H25Cl2FIN5. The summed E-state index contributed by atoms with van der Waals surface area (Å²) in [6, 6.07) is 12.5. The van der Waals surface area contributed by atoms with Crippen molar-refractivity contribution in [1.82, 2.24) is 15.5 Å².